The predicted octanol–water partition coefficient (Wildman–Crippen LogP) is 1.40. The van der Waals surface area contributed by atoms with Gasteiger partial charge in [-0.15, -0.1) is 0 Å². The summed E-state index contributed by atoms with van der Waals surface area (Å²) in [5.74, 6) is -3.00. The number of fused-ring (bicyclic) bond motifs is 1. The zero-order valence-corrected chi connectivity index (χ0v) is 8.96. The average Bonchev–Trinajstić information content (AvgIpc) is 2.72. The largest absolute Gasteiger partial charge is 0.481 e. The van der Waals surface area contributed by atoms with Gasteiger partial charge in [0.15, 0.2) is 0 Å². The van der Waals surface area contributed by atoms with Crippen LogP contribution in [0.5, 0.6) is 0 Å². The molecule has 1 amide bonds. The van der Waals surface area contributed by atoms with Crippen molar-refractivity contribution in [3.63, 3.8) is 0 Å². The molecule has 1 aliphatic carbocycles. The molecule has 17 heavy (non-hydrogen) atoms. The Kier molecular flexibility index (Phi) is 2.59. The molecule has 0 aromatic heterocycles. The van der Waals surface area contributed by atoms with Gasteiger partial charge < -0.3 is 10.0 Å². The molecule has 4 nitrogen and oxygen atoms in total. The second-order valence-corrected chi connectivity index (χ2v) is 4.62. The van der Waals surface area contributed by atoms with Crippen molar-refractivity contribution >= 4 is 11.9 Å². The zero-order chi connectivity index (χ0) is 12.8. The number of nitrogens with zero attached hydrogens (tertiary/aromatic N) is 1. The lowest BCUT2D eigenvalue weighted by Gasteiger charge is -2.29. The molecule has 96 valence electrons. The van der Waals surface area contributed by atoms with E-state index in [0.717, 1.165) is 0 Å². The van der Waals surface area contributed by atoms with Gasteiger partial charge in [0.2, 0.25) is 0 Å². The molecule has 0 aromatic carbocycles. The van der Waals surface area contributed by atoms with E-state index in [-0.39, 0.29) is 13.0 Å². The number of likely N-dealkylation sites (tertiary alicyclic amines) is 1. The van der Waals surface area contributed by atoms with Crippen LogP contribution in [0.2, 0.25) is 0 Å². The van der Waals surface area contributed by atoms with Crippen LogP contribution in [-0.2, 0) is 9.59 Å². The Morgan fingerprint density at radius 1 is 1.29 bits per heavy atom. The summed E-state index contributed by atoms with van der Waals surface area (Å²) in [6.07, 6.45) is -3.55. The van der Waals surface area contributed by atoms with Gasteiger partial charge in [-0.05, 0) is 19.3 Å². The van der Waals surface area contributed by atoms with Crippen LogP contribution in [-0.4, -0.2) is 40.6 Å². The van der Waals surface area contributed by atoms with Crippen molar-refractivity contribution in [2.75, 3.05) is 6.54 Å². The van der Waals surface area contributed by atoms with Gasteiger partial charge in [0, 0.05) is 12.6 Å². The molecule has 7 heteroatoms. The van der Waals surface area contributed by atoms with Crippen molar-refractivity contribution in [2.24, 2.45) is 5.41 Å². The van der Waals surface area contributed by atoms with E-state index in [1.54, 1.807) is 0 Å². The number of aliphatic carboxylic acids is 1. The molecule has 1 aliphatic heterocycles. The molecular formula is C10H12F3NO3. The number of carboxylic acids is 1. The Hall–Kier alpha value is -1.27. The summed E-state index contributed by atoms with van der Waals surface area (Å²) >= 11 is 0. The van der Waals surface area contributed by atoms with E-state index in [9.17, 15) is 22.8 Å². The average molecular weight is 251 g/mol. The third kappa shape index (κ3) is 1.68. The van der Waals surface area contributed by atoms with Crippen molar-refractivity contribution in [3.8, 4) is 0 Å². The van der Waals surface area contributed by atoms with Gasteiger partial charge in [0.25, 0.3) is 0 Å². The molecular weight excluding hydrogens is 239 g/mol. The topological polar surface area (TPSA) is 57.6 Å². The highest BCUT2D eigenvalue weighted by Gasteiger charge is 2.59. The molecule has 0 spiro atoms. The molecule has 1 heterocycles. The molecule has 0 bridgehead atoms. The fraction of sp³-hybridized carbons (Fsp3) is 0.800. The molecule has 0 aromatic rings. The van der Waals surface area contributed by atoms with Crippen molar-refractivity contribution < 1.29 is 27.9 Å². The van der Waals surface area contributed by atoms with Crippen LogP contribution in [0.3, 0.4) is 0 Å². The summed E-state index contributed by atoms with van der Waals surface area (Å²) in [7, 11) is 0. The lowest BCUT2D eigenvalue weighted by Crippen LogP contribution is -2.47. The Balaban J connectivity index is 2.25. The van der Waals surface area contributed by atoms with Gasteiger partial charge in [-0.25, -0.2) is 0 Å². The highest BCUT2D eigenvalue weighted by Crippen LogP contribution is 2.49. The summed E-state index contributed by atoms with van der Waals surface area (Å²) in [5, 5.41) is 9.16. The lowest BCUT2D eigenvalue weighted by atomic mass is 9.82. The number of carbonyl (C=O) groups excluding carboxylic acids is 1. The number of alkyl halides is 3. The van der Waals surface area contributed by atoms with E-state index in [1.165, 1.54) is 0 Å². The van der Waals surface area contributed by atoms with Crippen molar-refractivity contribution in [3.05, 3.63) is 0 Å². The minimum absolute atomic E-state index is 0.116. The summed E-state index contributed by atoms with van der Waals surface area (Å²) in [6, 6.07) is -0.797. The number of carboxylic acid groups (broad SMARTS) is 1. The summed E-state index contributed by atoms with van der Waals surface area (Å²) in [6.45, 7) is -0.116. The van der Waals surface area contributed by atoms with Gasteiger partial charge in [-0.3, -0.25) is 9.59 Å². The molecule has 2 fully saturated rings. The first-order chi connectivity index (χ1) is 7.79. The highest BCUT2D eigenvalue weighted by molar-refractivity contribution is 5.85. The van der Waals surface area contributed by atoms with E-state index >= 15 is 0 Å². The fourth-order valence-electron chi connectivity index (χ4n) is 3.04. The zero-order valence-electron chi connectivity index (χ0n) is 8.96. The van der Waals surface area contributed by atoms with Crippen LogP contribution in [0.1, 0.15) is 25.7 Å². The maximum atomic E-state index is 12.3. The van der Waals surface area contributed by atoms with Crippen LogP contribution in [0, 0.1) is 5.41 Å². The monoisotopic (exact) mass is 251 g/mol. The second kappa shape index (κ2) is 3.61. The molecule has 2 aliphatic rings. The molecule has 1 saturated heterocycles. The first-order valence-electron chi connectivity index (χ1n) is 5.40. The number of hydrogen-bond acceptors (Lipinski definition) is 2. The summed E-state index contributed by atoms with van der Waals surface area (Å²) in [5.41, 5.74) is -1.15. The van der Waals surface area contributed by atoms with Crippen LogP contribution in [0.25, 0.3) is 0 Å². The molecule has 2 atom stereocenters. The minimum atomic E-state index is -4.92. The second-order valence-electron chi connectivity index (χ2n) is 4.62. The van der Waals surface area contributed by atoms with E-state index in [1.807, 2.05) is 0 Å². The Morgan fingerprint density at radius 3 is 2.47 bits per heavy atom. The lowest BCUT2D eigenvalue weighted by molar-refractivity contribution is -0.187. The van der Waals surface area contributed by atoms with Crippen molar-refractivity contribution in [1.29, 1.82) is 0 Å². The molecule has 1 saturated carbocycles. The summed E-state index contributed by atoms with van der Waals surface area (Å²) < 4.78 is 37.0. The first kappa shape index (κ1) is 12.2. The fourth-order valence-corrected chi connectivity index (χ4v) is 3.04. The van der Waals surface area contributed by atoms with Gasteiger partial charge in [0.1, 0.15) is 0 Å². The van der Waals surface area contributed by atoms with Gasteiger partial charge in [0.05, 0.1) is 5.41 Å². The standard InChI is InChI=1S/C10H12F3NO3/c11-10(12,13)7(15)14-5-4-9(8(16)17)3-1-2-6(9)14/h6H,1-5H2,(H,16,17). The Bertz CT molecular complexity index is 368. The van der Waals surface area contributed by atoms with Crippen molar-refractivity contribution in [2.45, 2.75) is 37.9 Å². The van der Waals surface area contributed by atoms with Crippen LogP contribution in [0.15, 0.2) is 0 Å². The number of carbonyl (C=O) groups is 2. The SMILES string of the molecule is O=C(N1CCC2(C(=O)O)CCCC12)C(F)(F)F. The van der Waals surface area contributed by atoms with E-state index in [2.05, 4.69) is 0 Å². The van der Waals surface area contributed by atoms with Gasteiger partial charge >= 0.3 is 18.1 Å². The maximum absolute atomic E-state index is 12.3. The highest BCUT2D eigenvalue weighted by atomic mass is 19.4. The number of halogens is 3. The van der Waals surface area contributed by atoms with Crippen LogP contribution < -0.4 is 0 Å². The molecule has 2 rings (SSSR count). The van der Waals surface area contributed by atoms with Gasteiger partial charge in [-0.1, -0.05) is 6.42 Å². The van der Waals surface area contributed by atoms with Crippen molar-refractivity contribution in [1.82, 2.24) is 4.90 Å². The molecule has 1 N–H and O–H groups in total. The minimum Gasteiger partial charge on any atom is -0.481 e. The van der Waals surface area contributed by atoms with E-state index < -0.39 is 29.5 Å². The van der Waals surface area contributed by atoms with E-state index in [0.29, 0.717) is 24.2 Å². The first-order valence-corrected chi connectivity index (χ1v) is 5.40. The quantitative estimate of drug-likeness (QED) is 0.766. The molecule has 2 unspecified atom stereocenters. The number of amides is 1. The number of rotatable bonds is 1. The van der Waals surface area contributed by atoms with Crippen LogP contribution in [0.4, 0.5) is 13.2 Å². The maximum Gasteiger partial charge on any atom is 0.471 e. The van der Waals surface area contributed by atoms with E-state index in [4.69, 9.17) is 5.11 Å². The normalized spacial score (nSPS) is 32.6. The van der Waals surface area contributed by atoms with Gasteiger partial charge in [-0.2, -0.15) is 13.2 Å². The third-order valence-electron chi connectivity index (χ3n) is 3.84. The predicted molar refractivity (Wildman–Crippen MR) is 50.1 cm³/mol. The Labute approximate surface area is 95.4 Å². The Morgan fingerprint density at radius 2 is 1.94 bits per heavy atom. The molecule has 0 radical (unpaired) electrons. The van der Waals surface area contributed by atoms with Crippen LogP contribution >= 0.6 is 0 Å². The number of hydrogen-bond donors (Lipinski definition) is 1. The summed E-state index contributed by atoms with van der Waals surface area (Å²) in [4.78, 5) is 23.1. The smallest absolute Gasteiger partial charge is 0.471 e. The third-order valence-corrected chi connectivity index (χ3v) is 3.84.